The SMILES string of the molecule is N#Cc1ccc(C23Oc4cc(O)cnc4C2(O)CCC3c2ccccc2)cc1. The van der Waals surface area contributed by atoms with E-state index in [9.17, 15) is 10.2 Å². The highest BCUT2D eigenvalue weighted by molar-refractivity contribution is 5.52. The number of rotatable bonds is 2. The normalized spacial score (nSPS) is 27.5. The van der Waals surface area contributed by atoms with E-state index in [0.717, 1.165) is 17.5 Å². The Hall–Kier alpha value is -3.36. The van der Waals surface area contributed by atoms with Crippen LogP contribution in [-0.4, -0.2) is 15.2 Å². The second-order valence-electron chi connectivity index (χ2n) is 7.43. The van der Waals surface area contributed by atoms with Crippen LogP contribution in [0.15, 0.2) is 66.9 Å². The second kappa shape index (κ2) is 5.82. The zero-order chi connectivity index (χ0) is 19.4. The van der Waals surface area contributed by atoms with Crippen LogP contribution in [0, 0.1) is 11.3 Å². The van der Waals surface area contributed by atoms with Gasteiger partial charge in [-0.15, -0.1) is 0 Å². The zero-order valence-electron chi connectivity index (χ0n) is 15.0. The monoisotopic (exact) mass is 370 g/mol. The first-order valence-corrected chi connectivity index (χ1v) is 9.25. The Bertz CT molecular complexity index is 1090. The minimum atomic E-state index is -1.33. The fourth-order valence-electron chi connectivity index (χ4n) is 4.85. The lowest BCUT2D eigenvalue weighted by Gasteiger charge is -2.39. The fraction of sp³-hybridized carbons (Fsp3) is 0.217. The van der Waals surface area contributed by atoms with Gasteiger partial charge in [0.2, 0.25) is 0 Å². The smallest absolute Gasteiger partial charge is 0.175 e. The first-order valence-electron chi connectivity index (χ1n) is 9.25. The average Bonchev–Trinajstić information content (AvgIpc) is 3.15. The average molecular weight is 370 g/mol. The summed E-state index contributed by atoms with van der Waals surface area (Å²) in [5.41, 5.74) is 0.450. The molecule has 1 aliphatic carbocycles. The molecule has 3 atom stereocenters. The molecule has 0 amide bonds. The Kier molecular flexibility index (Phi) is 3.49. The maximum absolute atomic E-state index is 11.9. The van der Waals surface area contributed by atoms with E-state index in [1.807, 2.05) is 42.5 Å². The van der Waals surface area contributed by atoms with Gasteiger partial charge < -0.3 is 14.9 Å². The minimum Gasteiger partial charge on any atom is -0.506 e. The van der Waals surface area contributed by atoms with Crippen molar-refractivity contribution in [2.45, 2.75) is 30.0 Å². The van der Waals surface area contributed by atoms with E-state index in [0.29, 0.717) is 23.4 Å². The maximum Gasteiger partial charge on any atom is 0.175 e. The minimum absolute atomic E-state index is 0.00596. The Morgan fingerprint density at radius 3 is 2.57 bits per heavy atom. The molecular formula is C23H18N2O3. The van der Waals surface area contributed by atoms with Crippen LogP contribution in [0.2, 0.25) is 0 Å². The highest BCUT2D eigenvalue weighted by Crippen LogP contribution is 2.66. The highest BCUT2D eigenvalue weighted by atomic mass is 16.5. The summed E-state index contributed by atoms with van der Waals surface area (Å²) in [5.74, 6) is 0.282. The number of ether oxygens (including phenoxy) is 1. The van der Waals surface area contributed by atoms with Gasteiger partial charge >= 0.3 is 0 Å². The molecule has 1 aromatic heterocycles. The largest absolute Gasteiger partial charge is 0.506 e. The summed E-state index contributed by atoms with van der Waals surface area (Å²) < 4.78 is 6.47. The molecule has 0 saturated heterocycles. The predicted octanol–water partition coefficient (Wildman–Crippen LogP) is 3.71. The van der Waals surface area contributed by atoms with Crippen molar-refractivity contribution in [2.75, 3.05) is 0 Å². The summed E-state index contributed by atoms with van der Waals surface area (Å²) in [5, 5.41) is 31.0. The number of benzene rings is 2. The van der Waals surface area contributed by atoms with Gasteiger partial charge in [0, 0.05) is 12.0 Å². The third kappa shape index (κ3) is 2.07. The molecule has 5 rings (SSSR count). The lowest BCUT2D eigenvalue weighted by atomic mass is 9.72. The molecule has 0 radical (unpaired) electrons. The Balaban J connectivity index is 1.76. The number of aliphatic hydroxyl groups is 1. The summed E-state index contributed by atoms with van der Waals surface area (Å²) in [6.07, 6.45) is 2.55. The highest BCUT2D eigenvalue weighted by Gasteiger charge is 2.69. The Morgan fingerprint density at radius 2 is 1.86 bits per heavy atom. The summed E-state index contributed by atoms with van der Waals surface area (Å²) >= 11 is 0. The van der Waals surface area contributed by atoms with Crippen LogP contribution in [0.25, 0.3) is 0 Å². The summed E-state index contributed by atoms with van der Waals surface area (Å²) in [6.45, 7) is 0. The van der Waals surface area contributed by atoms with Crippen LogP contribution in [0.1, 0.15) is 41.1 Å². The molecule has 1 saturated carbocycles. The molecule has 1 aliphatic heterocycles. The van der Waals surface area contributed by atoms with E-state index < -0.39 is 11.2 Å². The molecule has 5 nitrogen and oxygen atoms in total. The van der Waals surface area contributed by atoms with Crippen molar-refractivity contribution in [3.63, 3.8) is 0 Å². The van der Waals surface area contributed by atoms with Gasteiger partial charge in [0.25, 0.3) is 0 Å². The summed E-state index contributed by atoms with van der Waals surface area (Å²) in [4.78, 5) is 4.33. The van der Waals surface area contributed by atoms with Gasteiger partial charge in [-0.1, -0.05) is 42.5 Å². The van der Waals surface area contributed by atoms with Crippen LogP contribution in [0.4, 0.5) is 0 Å². The molecule has 0 spiro atoms. The van der Waals surface area contributed by atoms with Crippen LogP contribution in [0.3, 0.4) is 0 Å². The maximum atomic E-state index is 11.9. The molecule has 138 valence electrons. The third-order valence-corrected chi connectivity index (χ3v) is 6.05. The quantitative estimate of drug-likeness (QED) is 0.718. The van der Waals surface area contributed by atoms with Crippen molar-refractivity contribution in [3.05, 3.63) is 89.2 Å². The van der Waals surface area contributed by atoms with Gasteiger partial charge in [0.05, 0.1) is 17.8 Å². The first kappa shape index (κ1) is 16.8. The molecule has 2 aliphatic rings. The van der Waals surface area contributed by atoms with Gasteiger partial charge in [-0.05, 0) is 36.1 Å². The molecule has 0 bridgehead atoms. The molecule has 3 aromatic rings. The van der Waals surface area contributed by atoms with Gasteiger partial charge in [-0.3, -0.25) is 4.98 Å². The van der Waals surface area contributed by atoms with E-state index in [-0.39, 0.29) is 11.7 Å². The number of aromatic hydroxyl groups is 1. The number of nitrogens with zero attached hydrogens (tertiary/aromatic N) is 2. The lowest BCUT2D eigenvalue weighted by Crippen LogP contribution is -2.48. The number of aromatic nitrogens is 1. The number of hydrogen-bond donors (Lipinski definition) is 2. The first-order chi connectivity index (χ1) is 13.6. The number of pyridine rings is 1. The molecule has 3 unspecified atom stereocenters. The predicted molar refractivity (Wildman–Crippen MR) is 102 cm³/mol. The van der Waals surface area contributed by atoms with Crippen molar-refractivity contribution < 1.29 is 14.9 Å². The molecule has 2 aromatic carbocycles. The van der Waals surface area contributed by atoms with Crippen molar-refractivity contribution in [2.24, 2.45) is 0 Å². The van der Waals surface area contributed by atoms with Crippen molar-refractivity contribution in [3.8, 4) is 17.6 Å². The van der Waals surface area contributed by atoms with Gasteiger partial charge in [-0.25, -0.2) is 0 Å². The van der Waals surface area contributed by atoms with Crippen LogP contribution in [-0.2, 0) is 11.2 Å². The van der Waals surface area contributed by atoms with E-state index in [1.165, 1.54) is 12.3 Å². The van der Waals surface area contributed by atoms with Crippen LogP contribution in [0.5, 0.6) is 11.5 Å². The second-order valence-corrected chi connectivity index (χ2v) is 7.43. The molecule has 2 heterocycles. The fourth-order valence-corrected chi connectivity index (χ4v) is 4.85. The van der Waals surface area contributed by atoms with Crippen LogP contribution < -0.4 is 4.74 Å². The van der Waals surface area contributed by atoms with E-state index in [2.05, 4.69) is 11.1 Å². The van der Waals surface area contributed by atoms with Crippen molar-refractivity contribution in [1.29, 1.82) is 5.26 Å². The summed E-state index contributed by atoms with van der Waals surface area (Å²) in [7, 11) is 0. The molecule has 5 heteroatoms. The van der Waals surface area contributed by atoms with Crippen LogP contribution >= 0.6 is 0 Å². The van der Waals surface area contributed by atoms with Crippen molar-refractivity contribution in [1.82, 2.24) is 4.98 Å². The molecule has 1 fully saturated rings. The molecule has 2 N–H and O–H groups in total. The topological polar surface area (TPSA) is 86.4 Å². The van der Waals surface area contributed by atoms with E-state index in [1.54, 1.807) is 12.1 Å². The standard InChI is InChI=1S/C23H18N2O3/c24-13-15-6-8-17(9-7-15)23-19(16-4-2-1-3-5-16)10-11-22(23,27)21-20(28-23)12-18(26)14-25-21/h1-9,12,14,19,26-27H,10-11H2. The van der Waals surface area contributed by atoms with Gasteiger partial charge in [0.1, 0.15) is 17.2 Å². The van der Waals surface area contributed by atoms with Gasteiger partial charge in [0.15, 0.2) is 11.2 Å². The van der Waals surface area contributed by atoms with Crippen molar-refractivity contribution >= 4 is 0 Å². The number of nitriles is 1. The Morgan fingerprint density at radius 1 is 1.11 bits per heavy atom. The molecular weight excluding hydrogens is 352 g/mol. The zero-order valence-corrected chi connectivity index (χ0v) is 15.0. The number of hydrogen-bond acceptors (Lipinski definition) is 5. The van der Waals surface area contributed by atoms with E-state index in [4.69, 9.17) is 10.00 Å². The Labute approximate surface area is 162 Å². The number of fused-ring (bicyclic) bond motifs is 3. The summed E-state index contributed by atoms with van der Waals surface area (Å²) in [6, 6.07) is 20.8. The van der Waals surface area contributed by atoms with Gasteiger partial charge in [-0.2, -0.15) is 5.26 Å². The third-order valence-electron chi connectivity index (χ3n) is 6.05. The van der Waals surface area contributed by atoms with E-state index >= 15 is 0 Å². The molecule has 28 heavy (non-hydrogen) atoms. The lowest BCUT2D eigenvalue weighted by molar-refractivity contribution is -0.107.